The van der Waals surface area contributed by atoms with Crippen LogP contribution < -0.4 is 0 Å². The van der Waals surface area contributed by atoms with Gasteiger partial charge in [0.05, 0.1) is 6.20 Å². The molecule has 8 heteroatoms. The third-order valence-electron chi connectivity index (χ3n) is 3.31. The van der Waals surface area contributed by atoms with Crippen molar-refractivity contribution in [3.8, 4) is 0 Å². The van der Waals surface area contributed by atoms with Crippen LogP contribution in [0.4, 0.5) is 8.78 Å². The molecular weight excluding hydrogens is 300 g/mol. The first-order chi connectivity index (χ1) is 9.73. The monoisotopic (exact) mass is 315 g/mol. The highest BCUT2D eigenvalue weighted by molar-refractivity contribution is 7.89. The Morgan fingerprint density at radius 1 is 1.29 bits per heavy atom. The van der Waals surface area contributed by atoms with Crippen LogP contribution in [0, 0.1) is 18.6 Å². The highest BCUT2D eigenvalue weighted by atomic mass is 32.2. The van der Waals surface area contributed by atoms with Crippen molar-refractivity contribution >= 4 is 10.0 Å². The van der Waals surface area contributed by atoms with Crippen molar-refractivity contribution in [2.24, 2.45) is 0 Å². The zero-order chi connectivity index (χ0) is 15.8. The number of aryl methyl sites for hydroxylation is 1. The summed E-state index contributed by atoms with van der Waals surface area (Å²) in [6.45, 7) is 3.23. The molecule has 0 saturated heterocycles. The van der Waals surface area contributed by atoms with Crippen LogP contribution in [0.25, 0.3) is 0 Å². The quantitative estimate of drug-likeness (QED) is 0.942. The third kappa shape index (κ3) is 2.96. The maximum Gasteiger partial charge on any atom is 0.260 e. The summed E-state index contributed by atoms with van der Waals surface area (Å²) < 4.78 is 52.1. The Labute approximate surface area is 121 Å². The van der Waals surface area contributed by atoms with Crippen molar-refractivity contribution in [3.63, 3.8) is 0 Å². The molecule has 0 radical (unpaired) electrons. The molecule has 0 saturated carbocycles. The highest BCUT2D eigenvalue weighted by Crippen LogP contribution is 2.25. The van der Waals surface area contributed by atoms with E-state index in [0.717, 1.165) is 16.4 Å². The normalized spacial score (nSPS) is 13.6. The molecule has 1 aromatic heterocycles. The van der Waals surface area contributed by atoms with Crippen molar-refractivity contribution in [1.29, 1.82) is 0 Å². The van der Waals surface area contributed by atoms with Crippen molar-refractivity contribution in [2.75, 3.05) is 7.05 Å². The summed E-state index contributed by atoms with van der Waals surface area (Å²) in [5.74, 6) is -1.51. The van der Waals surface area contributed by atoms with E-state index in [4.69, 9.17) is 0 Å². The summed E-state index contributed by atoms with van der Waals surface area (Å²) in [6, 6.07) is 2.66. The maximum absolute atomic E-state index is 13.3. The smallest absolute Gasteiger partial charge is 0.260 e. The molecule has 0 bridgehead atoms. The number of hydrogen-bond acceptors (Lipinski definition) is 3. The SMILES string of the molecule is Cc1ncc(S(=O)(=O)N(C)C(C)c2ccc(F)c(F)c2)[nH]1. The molecule has 1 aromatic carbocycles. The minimum atomic E-state index is -3.79. The Kier molecular flexibility index (Phi) is 4.11. The summed E-state index contributed by atoms with van der Waals surface area (Å²) in [7, 11) is -2.42. The molecule has 1 unspecified atom stereocenters. The molecule has 0 fully saturated rings. The lowest BCUT2D eigenvalue weighted by atomic mass is 10.1. The first kappa shape index (κ1) is 15.6. The highest BCUT2D eigenvalue weighted by Gasteiger charge is 2.28. The number of aromatic nitrogens is 2. The predicted molar refractivity (Wildman–Crippen MR) is 73.0 cm³/mol. The average Bonchev–Trinajstić information content (AvgIpc) is 2.87. The average molecular weight is 315 g/mol. The lowest BCUT2D eigenvalue weighted by Crippen LogP contribution is -2.30. The molecule has 1 heterocycles. The Balaban J connectivity index is 2.34. The van der Waals surface area contributed by atoms with Crippen LogP contribution in [0.2, 0.25) is 0 Å². The van der Waals surface area contributed by atoms with Gasteiger partial charge in [0.2, 0.25) is 0 Å². The summed E-state index contributed by atoms with van der Waals surface area (Å²) in [6.07, 6.45) is 1.22. The van der Waals surface area contributed by atoms with Crippen LogP contribution in [0.15, 0.2) is 29.4 Å². The zero-order valence-electron chi connectivity index (χ0n) is 11.8. The lowest BCUT2D eigenvalue weighted by molar-refractivity contribution is 0.394. The van der Waals surface area contributed by atoms with E-state index in [1.807, 2.05) is 0 Å². The van der Waals surface area contributed by atoms with Crippen molar-refractivity contribution in [3.05, 3.63) is 47.4 Å². The molecule has 0 amide bonds. The van der Waals surface area contributed by atoms with Gasteiger partial charge in [0.1, 0.15) is 5.82 Å². The number of nitrogens with one attached hydrogen (secondary N) is 1. The Hall–Kier alpha value is -1.80. The summed E-state index contributed by atoms with van der Waals surface area (Å²) in [5, 5.41) is -0.0445. The molecule has 21 heavy (non-hydrogen) atoms. The molecule has 2 aromatic rings. The standard InChI is InChI=1S/C13H15F2N3O2S/c1-8(10-4-5-11(14)12(15)6-10)18(3)21(19,20)13-7-16-9(2)17-13/h4-8H,1-3H3,(H,16,17). The first-order valence-electron chi connectivity index (χ1n) is 6.18. The molecule has 1 N–H and O–H groups in total. The van der Waals surface area contributed by atoms with E-state index in [-0.39, 0.29) is 5.03 Å². The predicted octanol–water partition coefficient (Wildman–Crippen LogP) is 2.38. The van der Waals surface area contributed by atoms with E-state index in [2.05, 4.69) is 9.97 Å². The Morgan fingerprint density at radius 3 is 2.48 bits per heavy atom. The van der Waals surface area contributed by atoms with Crippen molar-refractivity contribution in [2.45, 2.75) is 24.9 Å². The van der Waals surface area contributed by atoms with Gasteiger partial charge < -0.3 is 4.98 Å². The third-order valence-corrected chi connectivity index (χ3v) is 5.15. The number of halogens is 2. The summed E-state index contributed by atoms with van der Waals surface area (Å²) in [5.41, 5.74) is 0.358. The second-order valence-corrected chi connectivity index (χ2v) is 6.67. The van der Waals surface area contributed by atoms with Gasteiger partial charge in [-0.05, 0) is 31.5 Å². The largest absolute Gasteiger partial charge is 0.332 e. The van der Waals surface area contributed by atoms with E-state index < -0.39 is 27.7 Å². The molecule has 1 atom stereocenters. The van der Waals surface area contributed by atoms with E-state index >= 15 is 0 Å². The van der Waals surface area contributed by atoms with Crippen LogP contribution in [0.5, 0.6) is 0 Å². The van der Waals surface area contributed by atoms with Gasteiger partial charge >= 0.3 is 0 Å². The molecule has 114 valence electrons. The fourth-order valence-electron chi connectivity index (χ4n) is 1.87. The summed E-state index contributed by atoms with van der Waals surface area (Å²) in [4.78, 5) is 6.50. The van der Waals surface area contributed by atoms with E-state index in [9.17, 15) is 17.2 Å². The second kappa shape index (κ2) is 5.53. The van der Waals surface area contributed by atoms with E-state index in [0.29, 0.717) is 11.4 Å². The minimum absolute atomic E-state index is 0.0445. The molecular formula is C13H15F2N3O2S. The van der Waals surface area contributed by atoms with Crippen LogP contribution in [-0.2, 0) is 10.0 Å². The number of imidazole rings is 1. The zero-order valence-corrected chi connectivity index (χ0v) is 12.6. The molecule has 0 spiro atoms. The molecule has 2 rings (SSSR count). The Bertz CT molecular complexity index is 759. The van der Waals surface area contributed by atoms with Gasteiger partial charge in [-0.25, -0.2) is 22.2 Å². The van der Waals surface area contributed by atoms with Gasteiger partial charge in [-0.3, -0.25) is 0 Å². The molecule has 0 aliphatic rings. The fourth-order valence-corrected chi connectivity index (χ4v) is 3.19. The van der Waals surface area contributed by atoms with Crippen LogP contribution in [0.1, 0.15) is 24.4 Å². The summed E-state index contributed by atoms with van der Waals surface area (Å²) >= 11 is 0. The topological polar surface area (TPSA) is 66.1 Å². The van der Waals surface area contributed by atoms with E-state index in [1.165, 1.54) is 19.3 Å². The number of aromatic amines is 1. The van der Waals surface area contributed by atoms with Gasteiger partial charge in [-0.15, -0.1) is 0 Å². The minimum Gasteiger partial charge on any atom is -0.332 e. The van der Waals surface area contributed by atoms with Gasteiger partial charge in [-0.2, -0.15) is 4.31 Å². The lowest BCUT2D eigenvalue weighted by Gasteiger charge is -2.24. The molecule has 0 aliphatic heterocycles. The van der Waals surface area contributed by atoms with Gasteiger partial charge in [0.25, 0.3) is 10.0 Å². The van der Waals surface area contributed by atoms with Crippen LogP contribution in [0.3, 0.4) is 0 Å². The van der Waals surface area contributed by atoms with E-state index in [1.54, 1.807) is 13.8 Å². The van der Waals surface area contributed by atoms with Gasteiger partial charge in [-0.1, -0.05) is 6.07 Å². The first-order valence-corrected chi connectivity index (χ1v) is 7.62. The second-order valence-electron chi connectivity index (χ2n) is 4.70. The van der Waals surface area contributed by atoms with Crippen molar-refractivity contribution < 1.29 is 17.2 Å². The van der Waals surface area contributed by atoms with Crippen molar-refractivity contribution in [1.82, 2.24) is 14.3 Å². The van der Waals surface area contributed by atoms with Gasteiger partial charge in [0.15, 0.2) is 16.7 Å². The number of nitrogens with zero attached hydrogens (tertiary/aromatic N) is 2. The maximum atomic E-state index is 13.3. The van der Waals surface area contributed by atoms with Crippen LogP contribution in [-0.4, -0.2) is 29.7 Å². The molecule has 0 aliphatic carbocycles. The number of rotatable bonds is 4. The number of H-pyrrole nitrogens is 1. The fraction of sp³-hybridized carbons (Fsp3) is 0.308. The number of benzene rings is 1. The number of sulfonamides is 1. The Morgan fingerprint density at radius 2 is 1.95 bits per heavy atom. The van der Waals surface area contributed by atoms with Crippen LogP contribution >= 0.6 is 0 Å². The van der Waals surface area contributed by atoms with Gasteiger partial charge in [0, 0.05) is 13.1 Å². The molecule has 5 nitrogen and oxygen atoms in total. The number of hydrogen-bond donors (Lipinski definition) is 1.